The van der Waals surface area contributed by atoms with Gasteiger partial charge < -0.3 is 20.7 Å². The van der Waals surface area contributed by atoms with Gasteiger partial charge >= 0.3 is 0 Å². The lowest BCUT2D eigenvalue weighted by Gasteiger charge is -2.13. The molecule has 0 aliphatic rings. The van der Waals surface area contributed by atoms with E-state index in [1.165, 1.54) is 0 Å². The van der Waals surface area contributed by atoms with E-state index in [2.05, 4.69) is 42.9 Å². The maximum absolute atomic E-state index is 12.1. The molecular formula is C21H27BrN4O2. The summed E-state index contributed by atoms with van der Waals surface area (Å²) in [6, 6.07) is 15.3. The van der Waals surface area contributed by atoms with Crippen LogP contribution in [0.3, 0.4) is 0 Å². The summed E-state index contributed by atoms with van der Waals surface area (Å²) in [4.78, 5) is 16.3. The van der Waals surface area contributed by atoms with Crippen LogP contribution in [0.5, 0.6) is 5.75 Å². The Bertz CT molecular complexity index is 795. The molecule has 0 aromatic heterocycles. The first-order chi connectivity index (χ1) is 13.6. The lowest BCUT2D eigenvalue weighted by Crippen LogP contribution is -2.39. The number of amides is 1. The van der Waals surface area contributed by atoms with Crippen molar-refractivity contribution in [2.75, 3.05) is 33.8 Å². The highest BCUT2D eigenvalue weighted by Crippen LogP contribution is 2.17. The summed E-state index contributed by atoms with van der Waals surface area (Å²) in [6.45, 7) is 2.06. The third kappa shape index (κ3) is 7.23. The third-order valence-electron chi connectivity index (χ3n) is 4.12. The number of benzene rings is 2. The fraction of sp³-hybridized carbons (Fsp3) is 0.333. The summed E-state index contributed by atoms with van der Waals surface area (Å²) in [5, 5.41) is 9.47. The van der Waals surface area contributed by atoms with Crippen molar-refractivity contribution in [2.45, 2.75) is 12.8 Å². The van der Waals surface area contributed by atoms with E-state index in [9.17, 15) is 4.79 Å². The van der Waals surface area contributed by atoms with Crippen LogP contribution in [0.15, 0.2) is 58.0 Å². The van der Waals surface area contributed by atoms with Gasteiger partial charge in [-0.05, 0) is 42.7 Å². The van der Waals surface area contributed by atoms with Crippen LogP contribution >= 0.6 is 15.9 Å². The van der Waals surface area contributed by atoms with Crippen LogP contribution < -0.4 is 20.7 Å². The number of nitrogens with zero attached hydrogens (tertiary/aromatic N) is 1. The number of ether oxygens (including phenoxy) is 1. The van der Waals surface area contributed by atoms with Gasteiger partial charge in [0, 0.05) is 36.7 Å². The Morgan fingerprint density at radius 2 is 1.79 bits per heavy atom. The zero-order chi connectivity index (χ0) is 20.2. The van der Waals surface area contributed by atoms with Crippen LogP contribution in [0.4, 0.5) is 0 Å². The maximum Gasteiger partial charge on any atom is 0.251 e. The molecule has 0 aliphatic heterocycles. The smallest absolute Gasteiger partial charge is 0.251 e. The molecule has 0 radical (unpaired) electrons. The van der Waals surface area contributed by atoms with E-state index in [-0.39, 0.29) is 5.91 Å². The zero-order valence-electron chi connectivity index (χ0n) is 16.3. The van der Waals surface area contributed by atoms with E-state index in [0.29, 0.717) is 18.7 Å². The number of guanidine groups is 1. The molecule has 0 fully saturated rings. The lowest BCUT2D eigenvalue weighted by molar-refractivity contribution is 0.0953. The summed E-state index contributed by atoms with van der Waals surface area (Å²) in [7, 11) is 3.43. The number of para-hydroxylation sites is 1. The highest BCUT2D eigenvalue weighted by molar-refractivity contribution is 9.10. The molecule has 0 saturated heterocycles. The second-order valence-corrected chi connectivity index (χ2v) is 7.02. The van der Waals surface area contributed by atoms with Crippen LogP contribution in [-0.4, -0.2) is 45.7 Å². The molecule has 150 valence electrons. The highest BCUT2D eigenvalue weighted by atomic mass is 79.9. The molecule has 0 spiro atoms. The normalized spacial score (nSPS) is 11.0. The monoisotopic (exact) mass is 446 g/mol. The van der Waals surface area contributed by atoms with Crippen LogP contribution in [0.2, 0.25) is 0 Å². The molecule has 6 nitrogen and oxygen atoms in total. The molecule has 28 heavy (non-hydrogen) atoms. The van der Waals surface area contributed by atoms with Crippen molar-refractivity contribution in [3.63, 3.8) is 0 Å². The number of aliphatic imine (C=N–C) groups is 1. The predicted octanol–water partition coefficient (Wildman–Crippen LogP) is 2.99. The summed E-state index contributed by atoms with van der Waals surface area (Å²) in [5.41, 5.74) is 1.80. The number of methoxy groups -OCH3 is 1. The van der Waals surface area contributed by atoms with Crippen molar-refractivity contribution in [1.82, 2.24) is 16.0 Å². The minimum atomic E-state index is -0.0689. The number of halogens is 1. The van der Waals surface area contributed by atoms with Gasteiger partial charge in [0.05, 0.1) is 7.11 Å². The molecule has 3 N–H and O–H groups in total. The first-order valence-corrected chi connectivity index (χ1v) is 10.0. The summed E-state index contributed by atoms with van der Waals surface area (Å²) >= 11 is 3.37. The molecule has 0 unspecified atom stereocenters. The Kier molecular flexibility index (Phi) is 9.34. The summed E-state index contributed by atoms with van der Waals surface area (Å²) in [5.74, 6) is 1.57. The minimum absolute atomic E-state index is 0.0689. The quantitative estimate of drug-likeness (QED) is 0.314. The largest absolute Gasteiger partial charge is 0.496 e. The van der Waals surface area contributed by atoms with Gasteiger partial charge in [-0.1, -0.05) is 40.2 Å². The summed E-state index contributed by atoms with van der Waals surface area (Å²) < 4.78 is 6.26. The van der Waals surface area contributed by atoms with Gasteiger partial charge in [0.15, 0.2) is 5.96 Å². The number of carbonyl (C=O) groups is 1. The van der Waals surface area contributed by atoms with Gasteiger partial charge in [0.2, 0.25) is 0 Å². The van der Waals surface area contributed by atoms with Gasteiger partial charge in [-0.3, -0.25) is 9.79 Å². The lowest BCUT2D eigenvalue weighted by atomic mass is 10.1. The van der Waals surface area contributed by atoms with Gasteiger partial charge in [0.1, 0.15) is 5.75 Å². The molecule has 0 saturated carbocycles. The van der Waals surface area contributed by atoms with Crippen LogP contribution in [-0.2, 0) is 6.42 Å². The Morgan fingerprint density at radius 1 is 1.04 bits per heavy atom. The molecule has 0 atom stereocenters. The van der Waals surface area contributed by atoms with Gasteiger partial charge in [-0.2, -0.15) is 0 Å². The van der Waals surface area contributed by atoms with Crippen molar-refractivity contribution >= 4 is 27.8 Å². The van der Waals surface area contributed by atoms with Crippen LogP contribution in [0.25, 0.3) is 0 Å². The fourth-order valence-corrected chi connectivity index (χ4v) is 3.07. The number of carbonyl (C=O) groups excluding carboxylic acids is 1. The van der Waals surface area contributed by atoms with Crippen LogP contribution in [0.1, 0.15) is 22.3 Å². The SMILES string of the molecule is CN=C(NCCCNC(=O)c1cccc(Br)c1)NCCc1ccccc1OC. The van der Waals surface area contributed by atoms with E-state index < -0.39 is 0 Å². The van der Waals surface area contributed by atoms with E-state index in [4.69, 9.17) is 4.74 Å². The molecule has 2 aromatic carbocycles. The molecule has 0 heterocycles. The molecule has 0 bridgehead atoms. The number of hydrogen-bond acceptors (Lipinski definition) is 3. The Morgan fingerprint density at radius 3 is 2.54 bits per heavy atom. The van der Waals surface area contributed by atoms with Crippen molar-refractivity contribution in [3.8, 4) is 5.75 Å². The molecule has 7 heteroatoms. The Labute approximate surface area is 174 Å². The second-order valence-electron chi connectivity index (χ2n) is 6.11. The van der Waals surface area contributed by atoms with Gasteiger partial charge in [-0.15, -0.1) is 0 Å². The number of hydrogen-bond donors (Lipinski definition) is 3. The Balaban J connectivity index is 1.64. The van der Waals surface area contributed by atoms with Gasteiger partial charge in [-0.25, -0.2) is 0 Å². The molecular weight excluding hydrogens is 420 g/mol. The average molecular weight is 447 g/mol. The Hall–Kier alpha value is -2.54. The van der Waals surface area contributed by atoms with Crippen molar-refractivity contribution in [2.24, 2.45) is 4.99 Å². The third-order valence-corrected chi connectivity index (χ3v) is 4.61. The van der Waals surface area contributed by atoms with Gasteiger partial charge in [0.25, 0.3) is 5.91 Å². The van der Waals surface area contributed by atoms with Crippen LogP contribution in [0, 0.1) is 0 Å². The topological polar surface area (TPSA) is 74.8 Å². The van der Waals surface area contributed by atoms with Crippen molar-refractivity contribution < 1.29 is 9.53 Å². The standard InChI is InChI=1S/C21H27BrN4O2/c1-23-21(26-14-11-16-7-3-4-10-19(16)28-2)25-13-6-12-24-20(27)17-8-5-9-18(22)15-17/h3-5,7-10,15H,6,11-14H2,1-2H3,(H,24,27)(H2,23,25,26). The molecule has 0 aliphatic carbocycles. The van der Waals surface area contributed by atoms with E-state index >= 15 is 0 Å². The highest BCUT2D eigenvalue weighted by Gasteiger charge is 2.05. The van der Waals surface area contributed by atoms with E-state index in [0.717, 1.165) is 41.1 Å². The van der Waals surface area contributed by atoms with E-state index in [1.54, 1.807) is 26.3 Å². The molecule has 2 rings (SSSR count). The molecule has 2 aromatic rings. The first-order valence-electron chi connectivity index (χ1n) is 9.24. The number of rotatable bonds is 9. The predicted molar refractivity (Wildman–Crippen MR) is 117 cm³/mol. The number of nitrogens with one attached hydrogen (secondary N) is 3. The first kappa shape index (κ1) is 21.8. The molecule has 1 amide bonds. The van der Waals surface area contributed by atoms with Crippen molar-refractivity contribution in [1.29, 1.82) is 0 Å². The maximum atomic E-state index is 12.1. The van der Waals surface area contributed by atoms with Crippen molar-refractivity contribution in [3.05, 3.63) is 64.1 Å². The zero-order valence-corrected chi connectivity index (χ0v) is 17.9. The average Bonchev–Trinajstić information content (AvgIpc) is 2.72. The summed E-state index contributed by atoms with van der Waals surface area (Å²) in [6.07, 6.45) is 1.64. The minimum Gasteiger partial charge on any atom is -0.496 e. The fourth-order valence-electron chi connectivity index (χ4n) is 2.67. The second kappa shape index (κ2) is 12.0. The van der Waals surface area contributed by atoms with E-state index in [1.807, 2.05) is 30.3 Å².